The SMILES string of the molecule is CC[C@@H](C)NC(=O)[C@@H](CC)N(Cc1ccc(OC)cc1)C(=O)CN(c1ccc(C(C)C)cc1)S(=O)(=O)c1ccc(C)cc1. The van der Waals surface area contributed by atoms with Gasteiger partial charge in [-0.2, -0.15) is 0 Å². The Hall–Kier alpha value is -3.85. The Morgan fingerprint density at radius 1 is 0.860 bits per heavy atom. The maximum Gasteiger partial charge on any atom is 0.264 e. The Morgan fingerprint density at radius 3 is 1.98 bits per heavy atom. The molecule has 9 heteroatoms. The zero-order valence-electron chi connectivity index (χ0n) is 26.3. The van der Waals surface area contributed by atoms with Gasteiger partial charge >= 0.3 is 0 Å². The van der Waals surface area contributed by atoms with Gasteiger partial charge in [-0.3, -0.25) is 13.9 Å². The molecule has 0 bridgehead atoms. The van der Waals surface area contributed by atoms with E-state index in [1.165, 1.54) is 4.90 Å². The number of rotatable bonds is 14. The summed E-state index contributed by atoms with van der Waals surface area (Å²) in [5.74, 6) is 0.175. The van der Waals surface area contributed by atoms with Crippen molar-refractivity contribution in [1.29, 1.82) is 0 Å². The van der Waals surface area contributed by atoms with Crippen LogP contribution in [0.2, 0.25) is 0 Å². The largest absolute Gasteiger partial charge is 0.497 e. The van der Waals surface area contributed by atoms with Crippen LogP contribution < -0.4 is 14.4 Å². The Morgan fingerprint density at radius 2 is 1.47 bits per heavy atom. The van der Waals surface area contributed by atoms with Gasteiger partial charge in [0.15, 0.2) is 0 Å². The number of hydrogen-bond donors (Lipinski definition) is 1. The first kappa shape index (κ1) is 33.6. The zero-order valence-corrected chi connectivity index (χ0v) is 27.1. The molecule has 0 aliphatic rings. The van der Waals surface area contributed by atoms with Gasteiger partial charge in [-0.1, -0.05) is 69.7 Å². The fourth-order valence-corrected chi connectivity index (χ4v) is 6.09. The van der Waals surface area contributed by atoms with Gasteiger partial charge in [0.05, 0.1) is 17.7 Å². The van der Waals surface area contributed by atoms with Crippen LogP contribution in [0.5, 0.6) is 5.75 Å². The number of carbonyl (C=O) groups is 2. The predicted molar refractivity (Wildman–Crippen MR) is 172 cm³/mol. The lowest BCUT2D eigenvalue weighted by Crippen LogP contribution is -2.53. The van der Waals surface area contributed by atoms with E-state index in [9.17, 15) is 18.0 Å². The summed E-state index contributed by atoms with van der Waals surface area (Å²) < 4.78 is 34.6. The minimum Gasteiger partial charge on any atom is -0.497 e. The summed E-state index contributed by atoms with van der Waals surface area (Å²) in [4.78, 5) is 29.2. The first-order chi connectivity index (χ1) is 20.4. The van der Waals surface area contributed by atoms with Crippen LogP contribution in [0.4, 0.5) is 5.69 Å². The molecule has 0 saturated carbocycles. The third-order valence-electron chi connectivity index (χ3n) is 7.63. The van der Waals surface area contributed by atoms with Gasteiger partial charge in [0.25, 0.3) is 10.0 Å². The van der Waals surface area contributed by atoms with Crippen molar-refractivity contribution >= 4 is 27.5 Å². The van der Waals surface area contributed by atoms with E-state index in [0.717, 1.165) is 27.4 Å². The van der Waals surface area contributed by atoms with Crippen LogP contribution >= 0.6 is 0 Å². The first-order valence-electron chi connectivity index (χ1n) is 14.8. The molecule has 0 unspecified atom stereocenters. The number of methoxy groups -OCH3 is 1. The molecule has 43 heavy (non-hydrogen) atoms. The van der Waals surface area contributed by atoms with Crippen molar-refractivity contribution in [3.05, 3.63) is 89.5 Å². The lowest BCUT2D eigenvalue weighted by Gasteiger charge is -2.33. The molecule has 2 atom stereocenters. The summed E-state index contributed by atoms with van der Waals surface area (Å²) in [5, 5.41) is 3.00. The topological polar surface area (TPSA) is 96.0 Å². The van der Waals surface area contributed by atoms with Crippen molar-refractivity contribution in [2.24, 2.45) is 0 Å². The summed E-state index contributed by atoms with van der Waals surface area (Å²) in [6, 6.07) is 20.2. The highest BCUT2D eigenvalue weighted by Crippen LogP contribution is 2.27. The van der Waals surface area contributed by atoms with Crippen molar-refractivity contribution < 1.29 is 22.7 Å². The number of sulfonamides is 1. The summed E-state index contributed by atoms with van der Waals surface area (Å²) >= 11 is 0. The number of anilines is 1. The maximum absolute atomic E-state index is 14.2. The second-order valence-corrected chi connectivity index (χ2v) is 13.0. The van der Waals surface area contributed by atoms with E-state index >= 15 is 0 Å². The third kappa shape index (κ3) is 8.60. The Balaban J connectivity index is 2.07. The van der Waals surface area contributed by atoms with E-state index < -0.39 is 28.5 Å². The number of ether oxygens (including phenoxy) is 1. The van der Waals surface area contributed by atoms with Gasteiger partial charge in [0.2, 0.25) is 11.8 Å². The fraction of sp³-hybridized carbons (Fsp3) is 0.412. The average Bonchev–Trinajstić information content (AvgIpc) is 3.00. The molecule has 0 heterocycles. The van der Waals surface area contributed by atoms with Crippen molar-refractivity contribution in [1.82, 2.24) is 10.2 Å². The van der Waals surface area contributed by atoms with E-state index in [1.54, 1.807) is 55.6 Å². The lowest BCUT2D eigenvalue weighted by molar-refractivity contribution is -0.140. The number of amides is 2. The number of carbonyl (C=O) groups excluding carboxylic acids is 2. The number of nitrogens with one attached hydrogen (secondary N) is 1. The molecule has 0 spiro atoms. The van der Waals surface area contributed by atoms with Crippen molar-refractivity contribution in [2.45, 2.75) is 83.8 Å². The normalized spacial score (nSPS) is 12.8. The molecular weight excluding hydrogens is 562 g/mol. The Kier molecular flexibility index (Phi) is 11.8. The number of hydrogen-bond acceptors (Lipinski definition) is 5. The highest BCUT2D eigenvalue weighted by Gasteiger charge is 2.34. The van der Waals surface area contributed by atoms with E-state index in [0.29, 0.717) is 17.9 Å². The van der Waals surface area contributed by atoms with Gasteiger partial charge in [0.1, 0.15) is 18.3 Å². The molecule has 0 aliphatic heterocycles. The van der Waals surface area contributed by atoms with Crippen LogP contribution in [0.25, 0.3) is 0 Å². The Labute approximate surface area is 257 Å². The average molecular weight is 608 g/mol. The van der Waals surface area contributed by atoms with E-state index in [4.69, 9.17) is 4.74 Å². The van der Waals surface area contributed by atoms with E-state index in [2.05, 4.69) is 19.2 Å². The molecule has 0 fully saturated rings. The van der Waals surface area contributed by atoms with Crippen LogP contribution in [0.1, 0.15) is 70.1 Å². The number of benzene rings is 3. The van der Waals surface area contributed by atoms with Gasteiger partial charge in [-0.25, -0.2) is 8.42 Å². The zero-order chi connectivity index (χ0) is 31.7. The fourth-order valence-electron chi connectivity index (χ4n) is 4.68. The van der Waals surface area contributed by atoms with E-state index in [1.807, 2.05) is 52.0 Å². The molecule has 0 aliphatic carbocycles. The van der Waals surface area contributed by atoms with Crippen LogP contribution in [-0.2, 0) is 26.2 Å². The molecule has 3 rings (SSSR count). The van der Waals surface area contributed by atoms with Crippen LogP contribution in [0.3, 0.4) is 0 Å². The monoisotopic (exact) mass is 607 g/mol. The van der Waals surface area contributed by atoms with Gasteiger partial charge in [-0.15, -0.1) is 0 Å². The molecular formula is C34H45N3O5S. The molecule has 3 aromatic rings. The van der Waals surface area contributed by atoms with Crippen molar-refractivity contribution in [2.75, 3.05) is 18.0 Å². The molecule has 0 aromatic heterocycles. The molecule has 3 aromatic carbocycles. The number of nitrogens with zero attached hydrogens (tertiary/aromatic N) is 2. The van der Waals surface area contributed by atoms with Gasteiger partial charge in [-0.05, 0) is 80.1 Å². The third-order valence-corrected chi connectivity index (χ3v) is 9.42. The molecule has 0 saturated heterocycles. The molecule has 0 radical (unpaired) electrons. The smallest absolute Gasteiger partial charge is 0.264 e. The van der Waals surface area contributed by atoms with Crippen molar-refractivity contribution in [3.8, 4) is 5.75 Å². The van der Waals surface area contributed by atoms with Crippen molar-refractivity contribution in [3.63, 3.8) is 0 Å². The highest BCUT2D eigenvalue weighted by molar-refractivity contribution is 7.92. The first-order valence-corrected chi connectivity index (χ1v) is 16.3. The van der Waals surface area contributed by atoms with Crippen LogP contribution in [-0.4, -0.2) is 50.9 Å². The summed E-state index contributed by atoms with van der Waals surface area (Å²) in [5.41, 5.74) is 3.14. The van der Waals surface area contributed by atoms with Gasteiger partial charge in [0, 0.05) is 12.6 Å². The Bertz CT molecular complexity index is 1450. The van der Waals surface area contributed by atoms with Crippen LogP contribution in [0, 0.1) is 6.92 Å². The molecule has 8 nitrogen and oxygen atoms in total. The second kappa shape index (κ2) is 15.0. The number of aryl methyl sites for hydroxylation is 1. The molecule has 2 amide bonds. The summed E-state index contributed by atoms with van der Waals surface area (Å²) in [6.07, 6.45) is 1.10. The maximum atomic E-state index is 14.2. The molecule has 232 valence electrons. The second-order valence-electron chi connectivity index (χ2n) is 11.2. The summed E-state index contributed by atoms with van der Waals surface area (Å²) in [6.45, 7) is 11.4. The van der Waals surface area contributed by atoms with E-state index in [-0.39, 0.29) is 29.3 Å². The lowest BCUT2D eigenvalue weighted by atomic mass is 10.0. The quantitative estimate of drug-likeness (QED) is 0.241. The predicted octanol–water partition coefficient (Wildman–Crippen LogP) is 6.04. The van der Waals surface area contributed by atoms with Gasteiger partial charge < -0.3 is 15.0 Å². The minimum atomic E-state index is -4.12. The highest BCUT2D eigenvalue weighted by atomic mass is 32.2. The summed E-state index contributed by atoms with van der Waals surface area (Å²) in [7, 11) is -2.54. The minimum absolute atomic E-state index is 0.0719. The standard InChI is InChI=1S/C34H45N3O5S/c1-8-26(6)35-34(39)32(9-2)36(22-27-12-18-30(42-7)19-13-27)33(38)23-37(29-16-14-28(15-17-29)24(3)4)43(40,41)31-20-10-25(5)11-21-31/h10-21,24,26,32H,8-9,22-23H2,1-7H3,(H,35,39)/t26-,32-/m1/s1. The van der Waals surface area contributed by atoms with Crippen LogP contribution in [0.15, 0.2) is 77.7 Å². The molecule has 1 N–H and O–H groups in total.